The van der Waals surface area contributed by atoms with E-state index >= 15 is 0 Å². The first-order chi connectivity index (χ1) is 9.55. The minimum Gasteiger partial charge on any atom is -0.497 e. The third-order valence-corrected chi connectivity index (χ3v) is 3.04. The van der Waals surface area contributed by atoms with Gasteiger partial charge in [0.05, 0.1) is 14.2 Å². The average molecular weight is 318 g/mol. The summed E-state index contributed by atoms with van der Waals surface area (Å²) in [5.41, 5.74) is 1.11. The second-order valence-electron chi connectivity index (χ2n) is 4.81. The SMILES string of the molecule is COc1cc(CN(C)CCCCC(=O)O)cc(OC)c1.Cl. The maximum atomic E-state index is 10.4. The quantitative estimate of drug-likeness (QED) is 0.710. The molecule has 21 heavy (non-hydrogen) atoms. The molecule has 120 valence electrons. The molecular weight excluding hydrogens is 294 g/mol. The van der Waals surface area contributed by atoms with Crippen molar-refractivity contribution in [2.75, 3.05) is 27.8 Å². The van der Waals surface area contributed by atoms with Gasteiger partial charge in [-0.25, -0.2) is 0 Å². The third kappa shape index (κ3) is 7.78. The number of nitrogens with zero attached hydrogens (tertiary/aromatic N) is 1. The number of carbonyl (C=O) groups is 1. The summed E-state index contributed by atoms with van der Waals surface area (Å²) in [6, 6.07) is 5.81. The van der Waals surface area contributed by atoms with Gasteiger partial charge >= 0.3 is 5.97 Å². The van der Waals surface area contributed by atoms with Gasteiger partial charge in [-0.3, -0.25) is 4.79 Å². The van der Waals surface area contributed by atoms with Crippen LogP contribution in [0.3, 0.4) is 0 Å². The first kappa shape index (κ1) is 19.5. The van der Waals surface area contributed by atoms with Gasteiger partial charge < -0.3 is 19.5 Å². The van der Waals surface area contributed by atoms with Crippen molar-refractivity contribution in [3.05, 3.63) is 23.8 Å². The fourth-order valence-electron chi connectivity index (χ4n) is 2.01. The van der Waals surface area contributed by atoms with Crippen LogP contribution in [0.4, 0.5) is 0 Å². The fourth-order valence-corrected chi connectivity index (χ4v) is 2.01. The standard InChI is InChI=1S/C15H23NO4.ClH/c1-16(7-5-4-6-15(17)18)11-12-8-13(19-2)10-14(9-12)20-3;/h8-10H,4-7,11H2,1-3H3,(H,17,18);1H. The number of methoxy groups -OCH3 is 2. The van der Waals surface area contributed by atoms with Crippen LogP contribution in [0, 0.1) is 0 Å². The Morgan fingerprint density at radius 1 is 1.14 bits per heavy atom. The molecule has 0 saturated heterocycles. The molecule has 0 aliphatic rings. The van der Waals surface area contributed by atoms with Crippen LogP contribution in [0.1, 0.15) is 24.8 Å². The van der Waals surface area contributed by atoms with Crippen molar-refractivity contribution < 1.29 is 19.4 Å². The molecule has 0 spiro atoms. The molecule has 1 rings (SSSR count). The first-order valence-electron chi connectivity index (χ1n) is 6.67. The van der Waals surface area contributed by atoms with E-state index in [4.69, 9.17) is 14.6 Å². The molecule has 0 heterocycles. The molecule has 0 fully saturated rings. The van der Waals surface area contributed by atoms with E-state index in [0.717, 1.165) is 36.6 Å². The number of hydrogen-bond donors (Lipinski definition) is 1. The molecule has 0 radical (unpaired) electrons. The van der Waals surface area contributed by atoms with Gasteiger partial charge in [0.2, 0.25) is 0 Å². The van der Waals surface area contributed by atoms with Gasteiger partial charge in [0, 0.05) is 19.0 Å². The zero-order chi connectivity index (χ0) is 15.0. The number of halogens is 1. The Hall–Kier alpha value is -1.46. The highest BCUT2D eigenvalue weighted by molar-refractivity contribution is 5.85. The average Bonchev–Trinajstić information content (AvgIpc) is 2.42. The highest BCUT2D eigenvalue weighted by Gasteiger charge is 2.05. The van der Waals surface area contributed by atoms with Gasteiger partial charge in [0.1, 0.15) is 11.5 Å². The molecule has 6 heteroatoms. The lowest BCUT2D eigenvalue weighted by atomic mass is 10.1. The van der Waals surface area contributed by atoms with Crippen LogP contribution in [-0.2, 0) is 11.3 Å². The normalized spacial score (nSPS) is 10.1. The van der Waals surface area contributed by atoms with Crippen LogP contribution < -0.4 is 9.47 Å². The van der Waals surface area contributed by atoms with Crippen molar-refractivity contribution in [1.29, 1.82) is 0 Å². The molecule has 5 nitrogen and oxygen atoms in total. The first-order valence-corrected chi connectivity index (χ1v) is 6.67. The van der Waals surface area contributed by atoms with E-state index in [9.17, 15) is 4.79 Å². The third-order valence-electron chi connectivity index (χ3n) is 3.04. The lowest BCUT2D eigenvalue weighted by Gasteiger charge is -2.17. The maximum Gasteiger partial charge on any atom is 0.303 e. The van der Waals surface area contributed by atoms with Gasteiger partial charge in [0.25, 0.3) is 0 Å². The summed E-state index contributed by atoms with van der Waals surface area (Å²) in [5.74, 6) is 0.822. The number of hydrogen-bond acceptors (Lipinski definition) is 4. The van der Waals surface area contributed by atoms with Gasteiger partial charge in [-0.1, -0.05) is 0 Å². The molecule has 0 aliphatic heterocycles. The number of rotatable bonds is 9. The molecular formula is C15H24ClNO4. The molecule has 1 N–H and O–H groups in total. The summed E-state index contributed by atoms with van der Waals surface area (Å²) in [6.07, 6.45) is 1.83. The summed E-state index contributed by atoms with van der Waals surface area (Å²) < 4.78 is 10.5. The number of carboxylic acid groups (broad SMARTS) is 1. The summed E-state index contributed by atoms with van der Waals surface area (Å²) in [5, 5.41) is 8.59. The van der Waals surface area contributed by atoms with E-state index in [1.54, 1.807) is 14.2 Å². The van der Waals surface area contributed by atoms with Crippen LogP contribution in [0.5, 0.6) is 11.5 Å². The van der Waals surface area contributed by atoms with Crippen LogP contribution in [0.2, 0.25) is 0 Å². The van der Waals surface area contributed by atoms with E-state index in [1.807, 2.05) is 25.2 Å². The fraction of sp³-hybridized carbons (Fsp3) is 0.533. The summed E-state index contributed by atoms with van der Waals surface area (Å²) >= 11 is 0. The van der Waals surface area contributed by atoms with Gasteiger partial charge in [-0.05, 0) is 44.1 Å². The molecule has 0 unspecified atom stereocenters. The highest BCUT2D eigenvalue weighted by atomic mass is 35.5. The van der Waals surface area contributed by atoms with Crippen molar-refractivity contribution in [3.8, 4) is 11.5 Å². The molecule has 0 bridgehead atoms. The lowest BCUT2D eigenvalue weighted by Crippen LogP contribution is -2.19. The van der Waals surface area contributed by atoms with Crippen molar-refractivity contribution in [1.82, 2.24) is 4.90 Å². The van der Waals surface area contributed by atoms with Crippen LogP contribution in [-0.4, -0.2) is 43.8 Å². The predicted molar refractivity (Wildman–Crippen MR) is 84.6 cm³/mol. The Bertz CT molecular complexity index is 417. The lowest BCUT2D eigenvalue weighted by molar-refractivity contribution is -0.137. The van der Waals surface area contributed by atoms with Crippen molar-refractivity contribution in [2.45, 2.75) is 25.8 Å². The number of unbranched alkanes of at least 4 members (excludes halogenated alkanes) is 1. The molecule has 0 saturated carbocycles. The van der Waals surface area contributed by atoms with Crippen molar-refractivity contribution in [3.63, 3.8) is 0 Å². The summed E-state index contributed by atoms with van der Waals surface area (Å²) in [6.45, 7) is 1.65. The van der Waals surface area contributed by atoms with Crippen LogP contribution >= 0.6 is 12.4 Å². The minimum atomic E-state index is -0.731. The van der Waals surface area contributed by atoms with E-state index in [0.29, 0.717) is 6.42 Å². The molecule has 0 atom stereocenters. The Kier molecular flexibility index (Phi) is 9.58. The Morgan fingerprint density at radius 2 is 1.71 bits per heavy atom. The van der Waals surface area contributed by atoms with E-state index in [-0.39, 0.29) is 18.8 Å². The van der Waals surface area contributed by atoms with Gasteiger partial charge in [-0.2, -0.15) is 0 Å². The monoisotopic (exact) mass is 317 g/mol. The molecule has 0 amide bonds. The van der Waals surface area contributed by atoms with E-state index in [1.165, 1.54) is 0 Å². The Labute approximate surface area is 132 Å². The topological polar surface area (TPSA) is 59.0 Å². The summed E-state index contributed by atoms with van der Waals surface area (Å²) in [4.78, 5) is 12.6. The van der Waals surface area contributed by atoms with Crippen LogP contribution in [0.25, 0.3) is 0 Å². The predicted octanol–water partition coefficient (Wildman–Crippen LogP) is 2.81. The number of ether oxygens (including phenoxy) is 2. The molecule has 0 aromatic heterocycles. The minimum absolute atomic E-state index is 0. The van der Waals surface area contributed by atoms with E-state index in [2.05, 4.69) is 4.90 Å². The largest absolute Gasteiger partial charge is 0.497 e. The van der Waals surface area contributed by atoms with Crippen molar-refractivity contribution >= 4 is 18.4 Å². The molecule has 1 aromatic rings. The zero-order valence-electron chi connectivity index (χ0n) is 12.8. The molecule has 0 aliphatic carbocycles. The molecule has 1 aromatic carbocycles. The Morgan fingerprint density at radius 3 is 2.19 bits per heavy atom. The van der Waals surface area contributed by atoms with Gasteiger partial charge in [-0.15, -0.1) is 12.4 Å². The maximum absolute atomic E-state index is 10.4. The zero-order valence-corrected chi connectivity index (χ0v) is 13.6. The second-order valence-corrected chi connectivity index (χ2v) is 4.81. The number of carboxylic acids is 1. The van der Waals surface area contributed by atoms with Crippen LogP contribution in [0.15, 0.2) is 18.2 Å². The smallest absolute Gasteiger partial charge is 0.303 e. The number of benzene rings is 1. The van der Waals surface area contributed by atoms with E-state index < -0.39 is 5.97 Å². The van der Waals surface area contributed by atoms with Gasteiger partial charge in [0.15, 0.2) is 0 Å². The van der Waals surface area contributed by atoms with Crippen molar-refractivity contribution in [2.24, 2.45) is 0 Å². The summed E-state index contributed by atoms with van der Waals surface area (Å²) in [7, 11) is 5.29. The highest BCUT2D eigenvalue weighted by Crippen LogP contribution is 2.23. The number of aliphatic carboxylic acids is 1. The Balaban J connectivity index is 0.00000400. The second kappa shape index (κ2) is 10.3.